The van der Waals surface area contributed by atoms with E-state index in [1.807, 2.05) is 0 Å². The van der Waals surface area contributed by atoms with E-state index < -0.39 is 0 Å². The molecule has 3 rings (SSSR count). The van der Waals surface area contributed by atoms with Gasteiger partial charge in [-0.3, -0.25) is 0 Å². The smallest absolute Gasteiger partial charge is 0.120 e. The van der Waals surface area contributed by atoms with Crippen LogP contribution in [0.1, 0.15) is 69.0 Å². The number of nitrogens with one attached hydrogen (secondary N) is 1. The molecule has 0 aliphatic heterocycles. The summed E-state index contributed by atoms with van der Waals surface area (Å²) in [4.78, 5) is 0. The van der Waals surface area contributed by atoms with Crippen molar-refractivity contribution in [3.63, 3.8) is 0 Å². The average Bonchev–Trinajstić information content (AvgIpc) is 2.49. The molecule has 1 N–H and O–H groups in total. The van der Waals surface area contributed by atoms with E-state index in [2.05, 4.69) is 30.4 Å². The highest BCUT2D eigenvalue weighted by Gasteiger charge is 2.21. The molecule has 2 aliphatic carbocycles. The van der Waals surface area contributed by atoms with Gasteiger partial charge in [0.05, 0.1) is 6.10 Å². The van der Waals surface area contributed by atoms with E-state index in [4.69, 9.17) is 4.74 Å². The lowest BCUT2D eigenvalue weighted by atomic mass is 9.87. The topological polar surface area (TPSA) is 21.3 Å². The standard InChI is InChI=1S/C18H27NO/c1-2-19-18-10-6-7-14-11-12-16(13-17(14)18)20-15-8-4-3-5-9-15/h11-13,15,18-19H,2-10H2,1H3. The van der Waals surface area contributed by atoms with Crippen molar-refractivity contribution < 1.29 is 4.74 Å². The van der Waals surface area contributed by atoms with Gasteiger partial charge in [0, 0.05) is 6.04 Å². The molecule has 2 aliphatic rings. The number of hydrogen-bond donors (Lipinski definition) is 1. The largest absolute Gasteiger partial charge is 0.490 e. The van der Waals surface area contributed by atoms with Gasteiger partial charge in [0.15, 0.2) is 0 Å². The quantitative estimate of drug-likeness (QED) is 0.878. The van der Waals surface area contributed by atoms with Gasteiger partial charge in [-0.05, 0) is 74.8 Å². The predicted molar refractivity (Wildman–Crippen MR) is 83.3 cm³/mol. The molecule has 0 heterocycles. The Morgan fingerprint density at radius 2 is 1.95 bits per heavy atom. The van der Waals surface area contributed by atoms with Crippen molar-refractivity contribution in [2.45, 2.75) is 70.4 Å². The van der Waals surface area contributed by atoms with Gasteiger partial charge in [-0.2, -0.15) is 0 Å². The first-order valence-corrected chi connectivity index (χ1v) is 8.39. The maximum absolute atomic E-state index is 6.22. The van der Waals surface area contributed by atoms with Crippen LogP contribution in [0.4, 0.5) is 0 Å². The SMILES string of the molecule is CCNC1CCCc2ccc(OC3CCCCC3)cc21. The minimum Gasteiger partial charge on any atom is -0.490 e. The van der Waals surface area contributed by atoms with Crippen molar-refractivity contribution in [3.8, 4) is 5.75 Å². The third-order valence-electron chi connectivity index (χ3n) is 4.74. The highest BCUT2D eigenvalue weighted by Crippen LogP contribution is 2.33. The van der Waals surface area contributed by atoms with Gasteiger partial charge >= 0.3 is 0 Å². The second-order valence-corrected chi connectivity index (χ2v) is 6.24. The predicted octanol–water partition coefficient (Wildman–Crippen LogP) is 4.39. The summed E-state index contributed by atoms with van der Waals surface area (Å²) >= 11 is 0. The van der Waals surface area contributed by atoms with Crippen molar-refractivity contribution >= 4 is 0 Å². The van der Waals surface area contributed by atoms with Gasteiger partial charge in [-0.25, -0.2) is 0 Å². The molecule has 0 aromatic heterocycles. The maximum atomic E-state index is 6.22. The van der Waals surface area contributed by atoms with Crippen LogP contribution in [0.2, 0.25) is 0 Å². The zero-order valence-corrected chi connectivity index (χ0v) is 12.7. The molecule has 1 aromatic rings. The van der Waals surface area contributed by atoms with Crippen LogP contribution in [-0.4, -0.2) is 12.6 Å². The lowest BCUT2D eigenvalue weighted by Crippen LogP contribution is -2.25. The van der Waals surface area contributed by atoms with Crippen LogP contribution in [0.15, 0.2) is 18.2 Å². The molecule has 1 unspecified atom stereocenters. The van der Waals surface area contributed by atoms with Gasteiger partial charge in [0.2, 0.25) is 0 Å². The van der Waals surface area contributed by atoms with Crippen LogP contribution in [0.5, 0.6) is 5.75 Å². The summed E-state index contributed by atoms with van der Waals surface area (Å²) < 4.78 is 6.22. The summed E-state index contributed by atoms with van der Waals surface area (Å²) in [5, 5.41) is 3.62. The van der Waals surface area contributed by atoms with Crippen molar-refractivity contribution in [2.75, 3.05) is 6.54 Å². The molecule has 2 heteroatoms. The van der Waals surface area contributed by atoms with Crippen LogP contribution in [0, 0.1) is 0 Å². The van der Waals surface area contributed by atoms with E-state index in [9.17, 15) is 0 Å². The number of aryl methyl sites for hydroxylation is 1. The Morgan fingerprint density at radius 3 is 2.75 bits per heavy atom. The molecule has 2 nitrogen and oxygen atoms in total. The summed E-state index contributed by atoms with van der Waals surface area (Å²) in [6.45, 7) is 3.23. The molecule has 110 valence electrons. The van der Waals surface area contributed by atoms with Gasteiger partial charge in [0.1, 0.15) is 5.75 Å². The summed E-state index contributed by atoms with van der Waals surface area (Å²) in [5.41, 5.74) is 2.99. The molecule has 1 atom stereocenters. The van der Waals surface area contributed by atoms with Crippen molar-refractivity contribution in [1.82, 2.24) is 5.32 Å². The van der Waals surface area contributed by atoms with E-state index in [1.54, 1.807) is 0 Å². The van der Waals surface area contributed by atoms with E-state index >= 15 is 0 Å². The third kappa shape index (κ3) is 3.17. The van der Waals surface area contributed by atoms with Gasteiger partial charge < -0.3 is 10.1 Å². The Morgan fingerprint density at radius 1 is 1.10 bits per heavy atom. The molecule has 1 fully saturated rings. The number of hydrogen-bond acceptors (Lipinski definition) is 2. The molecule has 0 amide bonds. The average molecular weight is 273 g/mol. The fourth-order valence-electron chi connectivity index (χ4n) is 3.68. The molecule has 0 saturated heterocycles. The molecular weight excluding hydrogens is 246 g/mol. The van der Waals surface area contributed by atoms with Crippen LogP contribution >= 0.6 is 0 Å². The zero-order valence-electron chi connectivity index (χ0n) is 12.7. The highest BCUT2D eigenvalue weighted by atomic mass is 16.5. The molecule has 1 aromatic carbocycles. The van der Waals surface area contributed by atoms with Crippen molar-refractivity contribution in [3.05, 3.63) is 29.3 Å². The number of benzene rings is 1. The first-order chi connectivity index (χ1) is 9.86. The van der Waals surface area contributed by atoms with Crippen LogP contribution in [-0.2, 0) is 6.42 Å². The maximum Gasteiger partial charge on any atom is 0.120 e. The Kier molecular flexibility index (Phi) is 4.62. The number of rotatable bonds is 4. The minimum absolute atomic E-state index is 0.447. The third-order valence-corrected chi connectivity index (χ3v) is 4.74. The Bertz CT molecular complexity index is 437. The molecule has 20 heavy (non-hydrogen) atoms. The van der Waals surface area contributed by atoms with Crippen molar-refractivity contribution in [1.29, 1.82) is 0 Å². The summed E-state index contributed by atoms with van der Waals surface area (Å²) in [5.74, 6) is 1.08. The monoisotopic (exact) mass is 273 g/mol. The fourth-order valence-corrected chi connectivity index (χ4v) is 3.68. The molecule has 0 spiro atoms. The normalized spacial score (nSPS) is 23.4. The fraction of sp³-hybridized carbons (Fsp3) is 0.667. The Labute approximate surface area is 122 Å². The molecule has 1 saturated carbocycles. The van der Waals surface area contributed by atoms with E-state index in [0.717, 1.165) is 12.3 Å². The Balaban J connectivity index is 1.74. The second kappa shape index (κ2) is 6.62. The van der Waals surface area contributed by atoms with E-state index in [-0.39, 0.29) is 0 Å². The van der Waals surface area contributed by atoms with Gasteiger partial charge in [-0.15, -0.1) is 0 Å². The van der Waals surface area contributed by atoms with E-state index in [0.29, 0.717) is 12.1 Å². The highest BCUT2D eigenvalue weighted by molar-refractivity contribution is 5.39. The molecule has 0 bridgehead atoms. The first kappa shape index (κ1) is 13.9. The second-order valence-electron chi connectivity index (χ2n) is 6.24. The van der Waals surface area contributed by atoms with Gasteiger partial charge in [-0.1, -0.05) is 19.4 Å². The van der Waals surface area contributed by atoms with Crippen molar-refractivity contribution in [2.24, 2.45) is 0 Å². The summed E-state index contributed by atoms with van der Waals surface area (Å²) in [7, 11) is 0. The Hall–Kier alpha value is -1.02. The molecule has 0 radical (unpaired) electrons. The summed E-state index contributed by atoms with van der Waals surface area (Å²) in [6.07, 6.45) is 10.7. The first-order valence-electron chi connectivity index (χ1n) is 8.39. The lowest BCUT2D eigenvalue weighted by Gasteiger charge is -2.28. The summed E-state index contributed by atoms with van der Waals surface area (Å²) in [6, 6.07) is 7.30. The number of ether oxygens (including phenoxy) is 1. The van der Waals surface area contributed by atoms with Crippen LogP contribution in [0.3, 0.4) is 0 Å². The van der Waals surface area contributed by atoms with Gasteiger partial charge in [0.25, 0.3) is 0 Å². The lowest BCUT2D eigenvalue weighted by molar-refractivity contribution is 0.154. The number of fused-ring (bicyclic) bond motifs is 1. The zero-order chi connectivity index (χ0) is 13.8. The van der Waals surface area contributed by atoms with E-state index in [1.165, 1.54) is 62.5 Å². The van der Waals surface area contributed by atoms with Crippen LogP contribution < -0.4 is 10.1 Å². The van der Waals surface area contributed by atoms with Crippen LogP contribution in [0.25, 0.3) is 0 Å². The minimum atomic E-state index is 0.447. The molecular formula is C18H27NO.